The van der Waals surface area contributed by atoms with Crippen LogP contribution < -0.4 is 10.6 Å². The molecule has 6 nitrogen and oxygen atoms in total. The van der Waals surface area contributed by atoms with Crippen LogP contribution in [0.3, 0.4) is 0 Å². The first-order valence-corrected chi connectivity index (χ1v) is 8.01. The number of hydrogen-bond acceptors (Lipinski definition) is 5. The van der Waals surface area contributed by atoms with Crippen molar-refractivity contribution in [1.29, 1.82) is 0 Å². The van der Waals surface area contributed by atoms with Crippen LogP contribution in [0.2, 0.25) is 0 Å². The van der Waals surface area contributed by atoms with Crippen LogP contribution in [-0.2, 0) is 10.0 Å². The molecular formula is C10H17N3O3S2. The number of aromatic nitrogens is 1. The third-order valence-electron chi connectivity index (χ3n) is 3.27. The highest BCUT2D eigenvalue weighted by Crippen LogP contribution is 2.36. The number of rotatable bonds is 5. The molecule has 1 unspecified atom stereocenters. The predicted octanol–water partition coefficient (Wildman–Crippen LogP) is 0.103. The Balaban J connectivity index is 2.35. The number of nitrogens with one attached hydrogen (secondary N) is 1. The Labute approximate surface area is 110 Å². The van der Waals surface area contributed by atoms with Gasteiger partial charge in [-0.2, -0.15) is 4.31 Å². The normalized spacial score (nSPS) is 18.2. The Morgan fingerprint density at radius 2 is 2.17 bits per heavy atom. The van der Waals surface area contributed by atoms with E-state index in [9.17, 15) is 13.2 Å². The van der Waals surface area contributed by atoms with Crippen LogP contribution in [-0.4, -0.2) is 37.3 Å². The van der Waals surface area contributed by atoms with Gasteiger partial charge in [0.15, 0.2) is 4.21 Å². The standard InChI is InChI=1S/C10H17N3O3S2/c1-6-9(17-10(14)12-6)18(15,16)13(2)8(5-11)7-3-4-7/h7-8H,3-5,11H2,1-2H3,(H,12,14). The van der Waals surface area contributed by atoms with E-state index in [-0.39, 0.29) is 15.1 Å². The van der Waals surface area contributed by atoms with Crippen molar-refractivity contribution in [3.05, 3.63) is 15.4 Å². The van der Waals surface area contributed by atoms with E-state index in [1.54, 1.807) is 6.92 Å². The smallest absolute Gasteiger partial charge is 0.305 e. The number of nitrogens with two attached hydrogens (primary N) is 1. The van der Waals surface area contributed by atoms with E-state index >= 15 is 0 Å². The number of aryl methyl sites for hydroxylation is 1. The lowest BCUT2D eigenvalue weighted by atomic mass is 10.2. The molecule has 102 valence electrons. The van der Waals surface area contributed by atoms with Gasteiger partial charge in [0.25, 0.3) is 10.0 Å². The van der Waals surface area contributed by atoms with Crippen LogP contribution in [0.5, 0.6) is 0 Å². The Morgan fingerprint density at radius 3 is 2.56 bits per heavy atom. The SMILES string of the molecule is Cc1[nH]c(=O)sc1S(=O)(=O)N(C)C(CN)C1CC1. The largest absolute Gasteiger partial charge is 0.329 e. The molecule has 1 saturated carbocycles. The van der Waals surface area contributed by atoms with Crippen molar-refractivity contribution < 1.29 is 8.42 Å². The van der Waals surface area contributed by atoms with Crippen molar-refractivity contribution in [3.63, 3.8) is 0 Å². The summed E-state index contributed by atoms with van der Waals surface area (Å²) in [4.78, 5) is 13.4. The topological polar surface area (TPSA) is 96.3 Å². The molecule has 0 amide bonds. The molecule has 3 N–H and O–H groups in total. The molecule has 1 aliphatic rings. The van der Waals surface area contributed by atoms with Gasteiger partial charge in [-0.05, 0) is 25.7 Å². The van der Waals surface area contributed by atoms with Gasteiger partial charge in [-0.1, -0.05) is 11.3 Å². The van der Waals surface area contributed by atoms with Crippen LogP contribution in [0.25, 0.3) is 0 Å². The maximum atomic E-state index is 12.4. The second kappa shape index (κ2) is 4.76. The number of H-pyrrole nitrogens is 1. The van der Waals surface area contributed by atoms with Gasteiger partial charge in [-0.25, -0.2) is 8.42 Å². The summed E-state index contributed by atoms with van der Waals surface area (Å²) >= 11 is 0.728. The quantitative estimate of drug-likeness (QED) is 0.804. The average molecular weight is 291 g/mol. The summed E-state index contributed by atoms with van der Waals surface area (Å²) < 4.78 is 26.2. The minimum atomic E-state index is -3.62. The number of sulfonamides is 1. The first-order valence-electron chi connectivity index (χ1n) is 5.75. The van der Waals surface area contributed by atoms with Gasteiger partial charge >= 0.3 is 4.87 Å². The highest BCUT2D eigenvalue weighted by atomic mass is 32.2. The van der Waals surface area contributed by atoms with Crippen molar-refractivity contribution in [1.82, 2.24) is 9.29 Å². The predicted molar refractivity (Wildman–Crippen MR) is 70.2 cm³/mol. The molecule has 18 heavy (non-hydrogen) atoms. The third kappa shape index (κ3) is 2.37. The number of thiazole rings is 1. The lowest BCUT2D eigenvalue weighted by Gasteiger charge is -2.25. The van der Waals surface area contributed by atoms with E-state index < -0.39 is 10.0 Å². The van der Waals surface area contributed by atoms with Gasteiger partial charge < -0.3 is 10.7 Å². The molecule has 0 spiro atoms. The lowest BCUT2D eigenvalue weighted by Crippen LogP contribution is -2.43. The zero-order valence-electron chi connectivity index (χ0n) is 10.3. The van der Waals surface area contributed by atoms with Gasteiger partial charge in [-0.3, -0.25) is 4.79 Å². The van der Waals surface area contributed by atoms with E-state index in [1.807, 2.05) is 0 Å². The van der Waals surface area contributed by atoms with E-state index in [0.29, 0.717) is 18.2 Å². The Kier molecular flexibility index (Phi) is 3.63. The maximum Gasteiger partial charge on any atom is 0.305 e. The summed E-state index contributed by atoms with van der Waals surface area (Å²) in [6.07, 6.45) is 2.04. The third-order valence-corrected chi connectivity index (χ3v) is 6.73. The van der Waals surface area contributed by atoms with Crippen LogP contribution in [0.1, 0.15) is 18.5 Å². The summed E-state index contributed by atoms with van der Waals surface area (Å²) in [5, 5.41) is 0. The van der Waals surface area contributed by atoms with Gasteiger partial charge in [0.1, 0.15) is 0 Å². The zero-order chi connectivity index (χ0) is 13.5. The molecule has 0 saturated heterocycles. The first kappa shape index (κ1) is 13.7. The lowest BCUT2D eigenvalue weighted by molar-refractivity contribution is 0.341. The van der Waals surface area contributed by atoms with Crippen LogP contribution in [0, 0.1) is 12.8 Å². The van der Waals surface area contributed by atoms with E-state index in [4.69, 9.17) is 5.73 Å². The van der Waals surface area contributed by atoms with Crippen molar-refractivity contribution in [3.8, 4) is 0 Å². The van der Waals surface area contributed by atoms with E-state index in [0.717, 1.165) is 24.2 Å². The second-order valence-corrected chi connectivity index (χ2v) is 7.76. The molecule has 1 aliphatic carbocycles. The number of aromatic amines is 1. The van der Waals surface area contributed by atoms with Crippen molar-refractivity contribution >= 4 is 21.4 Å². The van der Waals surface area contributed by atoms with Gasteiger partial charge in [-0.15, -0.1) is 0 Å². The monoisotopic (exact) mass is 291 g/mol. The van der Waals surface area contributed by atoms with Gasteiger partial charge in [0.2, 0.25) is 0 Å². The molecule has 1 heterocycles. The minimum absolute atomic E-state index is 0.0918. The Morgan fingerprint density at radius 1 is 1.56 bits per heavy atom. The number of nitrogens with zero attached hydrogens (tertiary/aromatic N) is 1. The fourth-order valence-electron chi connectivity index (χ4n) is 2.06. The molecule has 1 aromatic rings. The van der Waals surface area contributed by atoms with E-state index in [2.05, 4.69) is 4.98 Å². The summed E-state index contributed by atoms with van der Waals surface area (Å²) in [7, 11) is -2.09. The molecule has 0 bridgehead atoms. The van der Waals surface area contributed by atoms with Crippen LogP contribution >= 0.6 is 11.3 Å². The van der Waals surface area contributed by atoms with Crippen molar-refractivity contribution in [2.24, 2.45) is 11.7 Å². The first-order chi connectivity index (χ1) is 8.37. The van der Waals surface area contributed by atoms with Gasteiger partial charge in [0.05, 0.1) is 0 Å². The molecule has 8 heteroatoms. The zero-order valence-corrected chi connectivity index (χ0v) is 12.0. The molecule has 0 aliphatic heterocycles. The maximum absolute atomic E-state index is 12.4. The number of likely N-dealkylation sites (N-methyl/N-ethyl adjacent to an activating group) is 1. The molecular weight excluding hydrogens is 274 g/mol. The average Bonchev–Trinajstić information content (AvgIpc) is 3.05. The molecule has 1 atom stereocenters. The molecule has 2 rings (SSSR count). The highest BCUT2D eigenvalue weighted by Gasteiger charge is 2.39. The summed E-state index contributed by atoms with van der Waals surface area (Å²) in [5.74, 6) is 0.353. The fourth-order valence-corrected chi connectivity index (χ4v) is 4.96. The Hall–Kier alpha value is -0.700. The van der Waals surface area contributed by atoms with Crippen molar-refractivity contribution in [2.45, 2.75) is 30.0 Å². The second-order valence-electron chi connectivity index (χ2n) is 4.59. The van der Waals surface area contributed by atoms with E-state index in [1.165, 1.54) is 11.4 Å². The Bertz CT molecular complexity index is 586. The molecule has 1 aromatic heterocycles. The summed E-state index contributed by atoms with van der Waals surface area (Å²) in [6.45, 7) is 1.89. The molecule has 0 radical (unpaired) electrons. The summed E-state index contributed by atoms with van der Waals surface area (Å²) in [6, 6.07) is -0.174. The minimum Gasteiger partial charge on any atom is -0.329 e. The van der Waals surface area contributed by atoms with Gasteiger partial charge in [0, 0.05) is 25.3 Å². The van der Waals surface area contributed by atoms with Crippen LogP contribution in [0.4, 0.5) is 0 Å². The fraction of sp³-hybridized carbons (Fsp3) is 0.700. The summed E-state index contributed by atoms with van der Waals surface area (Å²) in [5.41, 5.74) is 6.05. The van der Waals surface area contributed by atoms with Crippen LogP contribution in [0.15, 0.2) is 9.00 Å². The van der Waals surface area contributed by atoms with Crippen molar-refractivity contribution in [2.75, 3.05) is 13.6 Å². The highest BCUT2D eigenvalue weighted by molar-refractivity contribution is 7.91. The molecule has 1 fully saturated rings. The number of hydrogen-bond donors (Lipinski definition) is 2. The molecule has 0 aromatic carbocycles.